The normalized spacial score (nSPS) is 15.7. The van der Waals surface area contributed by atoms with E-state index in [1.165, 1.54) is 0 Å². The highest BCUT2D eigenvalue weighted by Crippen LogP contribution is 2.35. The lowest BCUT2D eigenvalue weighted by Gasteiger charge is -2.25. The average molecular weight is 451 g/mol. The van der Waals surface area contributed by atoms with Crippen molar-refractivity contribution >= 4 is 34.0 Å². The van der Waals surface area contributed by atoms with Crippen molar-refractivity contribution in [2.45, 2.75) is 6.92 Å². The van der Waals surface area contributed by atoms with Crippen LogP contribution in [0.5, 0.6) is 5.75 Å². The van der Waals surface area contributed by atoms with Crippen LogP contribution < -0.4 is 14.5 Å². The molecule has 5 heteroatoms. The maximum atomic E-state index is 13.4. The lowest BCUT2D eigenvalue weighted by atomic mass is 10.1. The molecule has 0 radical (unpaired) electrons. The molecule has 0 aliphatic carbocycles. The van der Waals surface area contributed by atoms with Crippen LogP contribution in [0.15, 0.2) is 97.1 Å². The molecule has 0 bridgehead atoms. The van der Waals surface area contributed by atoms with Crippen molar-refractivity contribution in [3.63, 3.8) is 0 Å². The molecule has 1 aliphatic rings. The molecule has 1 unspecified atom stereocenters. The number of rotatable bonds is 5. The van der Waals surface area contributed by atoms with Crippen LogP contribution in [0.25, 0.3) is 10.8 Å². The Hall–Kier alpha value is -4.12. The summed E-state index contributed by atoms with van der Waals surface area (Å²) >= 11 is 0. The molecule has 0 aromatic heterocycles. The summed E-state index contributed by atoms with van der Waals surface area (Å²) in [4.78, 5) is 30.2. The molecule has 0 spiro atoms. The van der Waals surface area contributed by atoms with Crippen molar-refractivity contribution in [1.29, 1.82) is 0 Å². The number of benzene rings is 4. The summed E-state index contributed by atoms with van der Waals surface area (Å²) in [6.45, 7) is 2.92. The van der Waals surface area contributed by atoms with Crippen LogP contribution in [0.3, 0.4) is 0 Å². The van der Waals surface area contributed by atoms with Gasteiger partial charge in [0, 0.05) is 17.5 Å². The van der Waals surface area contributed by atoms with Crippen molar-refractivity contribution < 1.29 is 14.3 Å². The number of ether oxygens (including phenoxy) is 1. The highest BCUT2D eigenvalue weighted by Gasteiger charge is 2.33. The third-order valence-corrected chi connectivity index (χ3v) is 6.20. The average Bonchev–Trinajstić information content (AvgIpc) is 2.99. The molecule has 5 rings (SSSR count). The molecule has 1 aliphatic heterocycles. The van der Waals surface area contributed by atoms with E-state index in [2.05, 4.69) is 12.1 Å². The van der Waals surface area contributed by atoms with E-state index in [1.807, 2.05) is 79.7 Å². The quantitative estimate of drug-likeness (QED) is 0.401. The molecule has 2 amide bonds. The smallest absolute Gasteiger partial charge is 0.258 e. The highest BCUT2D eigenvalue weighted by atomic mass is 16.5. The van der Waals surface area contributed by atoms with Gasteiger partial charge in [-0.1, -0.05) is 73.7 Å². The van der Waals surface area contributed by atoms with E-state index >= 15 is 0 Å². The SMILES string of the molecule is CC1CN(C(=O)c2ccccc2)c2ccccc2N(CCOc2cccc3ccccc23)C1=O. The Bertz CT molecular complexity index is 1330. The van der Waals surface area contributed by atoms with Gasteiger partial charge in [-0.25, -0.2) is 0 Å². The highest BCUT2D eigenvalue weighted by molar-refractivity contribution is 6.11. The van der Waals surface area contributed by atoms with Gasteiger partial charge in [0.2, 0.25) is 5.91 Å². The maximum absolute atomic E-state index is 13.4. The van der Waals surface area contributed by atoms with Gasteiger partial charge < -0.3 is 14.5 Å². The molecule has 4 aromatic rings. The summed E-state index contributed by atoms with van der Waals surface area (Å²) in [6.07, 6.45) is 0. The molecule has 170 valence electrons. The Morgan fingerprint density at radius 2 is 1.53 bits per heavy atom. The van der Waals surface area contributed by atoms with Crippen molar-refractivity contribution in [1.82, 2.24) is 0 Å². The number of hydrogen-bond acceptors (Lipinski definition) is 3. The van der Waals surface area contributed by atoms with Crippen molar-refractivity contribution in [2.75, 3.05) is 29.5 Å². The van der Waals surface area contributed by atoms with Gasteiger partial charge >= 0.3 is 0 Å². The van der Waals surface area contributed by atoms with Crippen LogP contribution in [0.2, 0.25) is 0 Å². The van der Waals surface area contributed by atoms with Crippen LogP contribution in [-0.4, -0.2) is 31.5 Å². The van der Waals surface area contributed by atoms with Crippen LogP contribution in [0.4, 0.5) is 11.4 Å². The molecule has 0 fully saturated rings. The van der Waals surface area contributed by atoms with Crippen molar-refractivity contribution in [3.05, 3.63) is 103 Å². The van der Waals surface area contributed by atoms with E-state index in [-0.39, 0.29) is 17.7 Å². The Morgan fingerprint density at radius 3 is 2.35 bits per heavy atom. The number of nitrogens with zero attached hydrogens (tertiary/aromatic N) is 2. The Balaban J connectivity index is 1.42. The largest absolute Gasteiger partial charge is 0.491 e. The zero-order chi connectivity index (χ0) is 23.5. The number of fused-ring (bicyclic) bond motifs is 2. The van der Waals surface area contributed by atoms with E-state index in [1.54, 1.807) is 21.9 Å². The van der Waals surface area contributed by atoms with Gasteiger partial charge in [0.1, 0.15) is 12.4 Å². The van der Waals surface area contributed by atoms with E-state index in [9.17, 15) is 9.59 Å². The third kappa shape index (κ3) is 4.13. The van der Waals surface area contributed by atoms with Gasteiger partial charge in [0.15, 0.2) is 0 Å². The van der Waals surface area contributed by atoms with E-state index in [0.717, 1.165) is 27.9 Å². The first-order chi connectivity index (χ1) is 16.6. The van der Waals surface area contributed by atoms with Gasteiger partial charge in [-0.3, -0.25) is 9.59 Å². The van der Waals surface area contributed by atoms with Crippen LogP contribution in [-0.2, 0) is 4.79 Å². The lowest BCUT2D eigenvalue weighted by Crippen LogP contribution is -2.39. The second kappa shape index (κ2) is 9.40. The van der Waals surface area contributed by atoms with Gasteiger partial charge in [-0.15, -0.1) is 0 Å². The standard InChI is InChI=1S/C29H26N2O3/c1-21-20-31(29(33)23-11-3-2-4-12-23)26-16-8-7-15-25(26)30(28(21)32)18-19-34-27-17-9-13-22-10-5-6-14-24(22)27/h2-17,21H,18-20H2,1H3. The predicted octanol–water partition coefficient (Wildman–Crippen LogP) is 5.55. The van der Waals surface area contributed by atoms with Crippen molar-refractivity contribution in [2.24, 2.45) is 5.92 Å². The Morgan fingerprint density at radius 1 is 0.853 bits per heavy atom. The number of hydrogen-bond donors (Lipinski definition) is 0. The monoisotopic (exact) mass is 450 g/mol. The van der Waals surface area contributed by atoms with Crippen LogP contribution in [0.1, 0.15) is 17.3 Å². The second-order valence-corrected chi connectivity index (χ2v) is 8.49. The number of amides is 2. The van der Waals surface area contributed by atoms with Crippen molar-refractivity contribution in [3.8, 4) is 5.75 Å². The summed E-state index contributed by atoms with van der Waals surface area (Å²) < 4.78 is 6.13. The Kier molecular flexibility index (Phi) is 6.00. The fraction of sp³-hybridized carbons (Fsp3) is 0.172. The van der Waals surface area contributed by atoms with Crippen LogP contribution >= 0.6 is 0 Å². The summed E-state index contributed by atoms with van der Waals surface area (Å²) in [5.41, 5.74) is 2.06. The molecule has 0 saturated carbocycles. The summed E-state index contributed by atoms with van der Waals surface area (Å²) in [6, 6.07) is 30.8. The molecular weight excluding hydrogens is 424 g/mol. The van der Waals surface area contributed by atoms with E-state index < -0.39 is 0 Å². The number of carbonyl (C=O) groups excluding carboxylic acids is 2. The van der Waals surface area contributed by atoms with E-state index in [4.69, 9.17) is 4.74 Å². The van der Waals surface area contributed by atoms with Crippen LogP contribution in [0, 0.1) is 5.92 Å². The molecular formula is C29H26N2O3. The molecule has 1 atom stereocenters. The molecule has 4 aromatic carbocycles. The lowest BCUT2D eigenvalue weighted by molar-refractivity contribution is -0.121. The molecule has 0 saturated heterocycles. The minimum Gasteiger partial charge on any atom is -0.491 e. The summed E-state index contributed by atoms with van der Waals surface area (Å²) in [7, 11) is 0. The van der Waals surface area contributed by atoms with E-state index in [0.29, 0.717) is 25.3 Å². The Labute approximate surface area is 199 Å². The summed E-state index contributed by atoms with van der Waals surface area (Å²) in [5, 5.41) is 2.15. The molecule has 34 heavy (non-hydrogen) atoms. The summed E-state index contributed by atoms with van der Waals surface area (Å²) in [5.74, 6) is 0.319. The minimum atomic E-state index is -0.349. The van der Waals surface area contributed by atoms with Gasteiger partial charge in [0.25, 0.3) is 5.91 Å². The first-order valence-electron chi connectivity index (χ1n) is 11.5. The number of anilines is 2. The predicted molar refractivity (Wildman–Crippen MR) is 136 cm³/mol. The van der Waals surface area contributed by atoms with Gasteiger partial charge in [-0.05, 0) is 35.7 Å². The maximum Gasteiger partial charge on any atom is 0.258 e. The first-order valence-corrected chi connectivity index (χ1v) is 11.5. The fourth-order valence-corrected chi connectivity index (χ4v) is 4.48. The molecule has 5 nitrogen and oxygen atoms in total. The molecule has 0 N–H and O–H groups in total. The third-order valence-electron chi connectivity index (χ3n) is 6.20. The minimum absolute atomic E-state index is 0.0164. The molecule has 1 heterocycles. The van der Waals surface area contributed by atoms with Gasteiger partial charge in [0.05, 0.1) is 23.8 Å². The number of carbonyl (C=O) groups is 2. The van der Waals surface area contributed by atoms with Gasteiger partial charge in [-0.2, -0.15) is 0 Å². The zero-order valence-electron chi connectivity index (χ0n) is 19.1. The zero-order valence-corrected chi connectivity index (χ0v) is 19.1. The first kappa shape index (κ1) is 21.7. The number of para-hydroxylation sites is 2. The topological polar surface area (TPSA) is 49.9 Å². The fourth-order valence-electron chi connectivity index (χ4n) is 4.48. The second-order valence-electron chi connectivity index (χ2n) is 8.49.